The summed E-state index contributed by atoms with van der Waals surface area (Å²) in [5, 5.41) is 4.22. The number of amides is 1. The number of oxime groups is 1. The van der Waals surface area contributed by atoms with E-state index in [0.29, 0.717) is 18.5 Å². The molecule has 29 heavy (non-hydrogen) atoms. The van der Waals surface area contributed by atoms with E-state index in [1.54, 1.807) is 30.2 Å². The third-order valence-electron chi connectivity index (χ3n) is 5.67. The zero-order valence-corrected chi connectivity index (χ0v) is 16.5. The Hall–Kier alpha value is -2.89. The fraction of sp³-hybridized carbons (Fsp3) is 0.391. The molecule has 2 aromatic rings. The van der Waals surface area contributed by atoms with Gasteiger partial charge in [-0.2, -0.15) is 0 Å². The number of methoxy groups -OCH3 is 1. The standard InChI is InChI=1S/C23H25FN2O3/c1-28-19-11-9-16(10-12-19)22-13-20(29-25-22)15-26(23(27)17-6-4-7-17)14-18-5-2-3-8-21(18)24/h2-3,5,8-12,17,20H,4,6-7,13-15H2,1H3. The number of nitrogens with zero attached hydrogens (tertiary/aromatic N) is 2. The Kier molecular flexibility index (Phi) is 5.79. The van der Waals surface area contributed by atoms with Crippen LogP contribution in [0.25, 0.3) is 0 Å². The van der Waals surface area contributed by atoms with Gasteiger partial charge in [-0.3, -0.25) is 4.79 Å². The van der Waals surface area contributed by atoms with Gasteiger partial charge in [0.25, 0.3) is 0 Å². The quantitative estimate of drug-likeness (QED) is 0.706. The molecule has 2 aliphatic rings. The summed E-state index contributed by atoms with van der Waals surface area (Å²) in [4.78, 5) is 20.3. The van der Waals surface area contributed by atoms with E-state index >= 15 is 0 Å². The van der Waals surface area contributed by atoms with Crippen LogP contribution in [0.15, 0.2) is 53.7 Å². The molecule has 152 valence electrons. The van der Waals surface area contributed by atoms with Crippen molar-refractivity contribution in [1.29, 1.82) is 0 Å². The van der Waals surface area contributed by atoms with Gasteiger partial charge in [0.15, 0.2) is 6.10 Å². The Morgan fingerprint density at radius 1 is 1.21 bits per heavy atom. The van der Waals surface area contributed by atoms with Crippen LogP contribution in [-0.2, 0) is 16.2 Å². The fourth-order valence-electron chi connectivity index (χ4n) is 3.70. The van der Waals surface area contributed by atoms with Crippen molar-refractivity contribution >= 4 is 11.6 Å². The highest BCUT2D eigenvalue weighted by Gasteiger charge is 2.33. The van der Waals surface area contributed by atoms with Gasteiger partial charge >= 0.3 is 0 Å². The first-order chi connectivity index (χ1) is 14.1. The van der Waals surface area contributed by atoms with Crippen molar-refractivity contribution in [2.75, 3.05) is 13.7 Å². The molecule has 1 amide bonds. The Bertz CT molecular complexity index is 893. The molecule has 0 bridgehead atoms. The molecule has 6 heteroatoms. The van der Waals surface area contributed by atoms with Crippen molar-refractivity contribution in [2.24, 2.45) is 11.1 Å². The van der Waals surface area contributed by atoms with Gasteiger partial charge in [0.2, 0.25) is 5.91 Å². The second-order valence-electron chi connectivity index (χ2n) is 7.64. The van der Waals surface area contributed by atoms with Gasteiger partial charge in [-0.15, -0.1) is 0 Å². The molecule has 1 fully saturated rings. The van der Waals surface area contributed by atoms with Gasteiger partial charge in [0, 0.05) is 24.4 Å². The molecule has 1 aliphatic heterocycles. The predicted molar refractivity (Wildman–Crippen MR) is 108 cm³/mol. The first-order valence-corrected chi connectivity index (χ1v) is 10.0. The summed E-state index contributed by atoms with van der Waals surface area (Å²) in [6, 6.07) is 14.3. The van der Waals surface area contributed by atoms with Crippen LogP contribution in [0, 0.1) is 11.7 Å². The Morgan fingerprint density at radius 2 is 1.97 bits per heavy atom. The molecule has 0 spiro atoms. The number of hydrogen-bond acceptors (Lipinski definition) is 4. The molecule has 0 aromatic heterocycles. The van der Waals surface area contributed by atoms with Crippen molar-refractivity contribution in [3.63, 3.8) is 0 Å². The second kappa shape index (κ2) is 8.64. The number of carbonyl (C=O) groups excluding carboxylic acids is 1. The molecule has 0 saturated heterocycles. The van der Waals surface area contributed by atoms with Crippen molar-refractivity contribution in [3.8, 4) is 5.75 Å². The zero-order valence-electron chi connectivity index (χ0n) is 16.5. The van der Waals surface area contributed by atoms with Crippen LogP contribution < -0.4 is 4.74 Å². The van der Waals surface area contributed by atoms with Gasteiger partial charge in [0.1, 0.15) is 11.6 Å². The lowest BCUT2D eigenvalue weighted by Crippen LogP contribution is -2.42. The average molecular weight is 396 g/mol. The average Bonchev–Trinajstić information content (AvgIpc) is 3.16. The molecule has 1 aliphatic carbocycles. The lowest BCUT2D eigenvalue weighted by Gasteiger charge is -2.32. The summed E-state index contributed by atoms with van der Waals surface area (Å²) < 4.78 is 19.4. The zero-order chi connectivity index (χ0) is 20.2. The SMILES string of the molecule is COc1ccc(C2=NOC(CN(Cc3ccccc3F)C(=O)C3CCC3)C2)cc1. The Morgan fingerprint density at radius 3 is 2.62 bits per heavy atom. The van der Waals surface area contributed by atoms with E-state index in [-0.39, 0.29) is 30.3 Å². The molecule has 1 atom stereocenters. The maximum absolute atomic E-state index is 14.2. The summed E-state index contributed by atoms with van der Waals surface area (Å²) in [5.74, 6) is 0.625. The highest BCUT2D eigenvalue weighted by molar-refractivity contribution is 6.01. The Labute approximate surface area is 170 Å². The van der Waals surface area contributed by atoms with Gasteiger partial charge < -0.3 is 14.5 Å². The van der Waals surface area contributed by atoms with E-state index in [1.165, 1.54) is 6.07 Å². The molecule has 2 aromatic carbocycles. The third-order valence-corrected chi connectivity index (χ3v) is 5.67. The van der Waals surface area contributed by atoms with Crippen LogP contribution in [0.5, 0.6) is 5.75 Å². The van der Waals surface area contributed by atoms with E-state index < -0.39 is 0 Å². The fourth-order valence-corrected chi connectivity index (χ4v) is 3.70. The minimum atomic E-state index is -0.290. The maximum atomic E-state index is 14.2. The first-order valence-electron chi connectivity index (χ1n) is 10.0. The minimum Gasteiger partial charge on any atom is -0.497 e. The Balaban J connectivity index is 1.43. The van der Waals surface area contributed by atoms with Crippen LogP contribution in [0.2, 0.25) is 0 Å². The monoisotopic (exact) mass is 396 g/mol. The highest BCUT2D eigenvalue weighted by Crippen LogP contribution is 2.30. The van der Waals surface area contributed by atoms with E-state index in [0.717, 1.165) is 36.3 Å². The number of ether oxygens (including phenoxy) is 1. The predicted octanol–water partition coefficient (Wildman–Crippen LogP) is 4.16. The molecule has 4 rings (SSSR count). The molecular formula is C23H25FN2O3. The summed E-state index contributed by atoms with van der Waals surface area (Å²) in [6.45, 7) is 0.645. The van der Waals surface area contributed by atoms with Crippen LogP contribution in [0.3, 0.4) is 0 Å². The summed E-state index contributed by atoms with van der Waals surface area (Å²) in [6.07, 6.45) is 3.27. The first kappa shape index (κ1) is 19.4. The van der Waals surface area contributed by atoms with Crippen LogP contribution in [0.1, 0.15) is 36.8 Å². The van der Waals surface area contributed by atoms with Crippen molar-refractivity contribution in [3.05, 3.63) is 65.5 Å². The van der Waals surface area contributed by atoms with Crippen molar-refractivity contribution in [2.45, 2.75) is 38.3 Å². The lowest BCUT2D eigenvalue weighted by molar-refractivity contribution is -0.140. The number of benzene rings is 2. The van der Waals surface area contributed by atoms with Crippen LogP contribution >= 0.6 is 0 Å². The van der Waals surface area contributed by atoms with Gasteiger partial charge in [-0.1, -0.05) is 29.8 Å². The second-order valence-corrected chi connectivity index (χ2v) is 7.64. The summed E-state index contributed by atoms with van der Waals surface area (Å²) in [7, 11) is 1.63. The topological polar surface area (TPSA) is 51.1 Å². The van der Waals surface area contributed by atoms with Gasteiger partial charge in [-0.25, -0.2) is 4.39 Å². The van der Waals surface area contributed by atoms with Gasteiger partial charge in [-0.05, 0) is 48.7 Å². The normalized spacial score (nSPS) is 18.6. The van der Waals surface area contributed by atoms with Crippen LogP contribution in [0.4, 0.5) is 4.39 Å². The van der Waals surface area contributed by atoms with Crippen molar-refractivity contribution < 1.29 is 18.8 Å². The molecule has 0 N–H and O–H groups in total. The van der Waals surface area contributed by atoms with E-state index in [1.807, 2.05) is 24.3 Å². The highest BCUT2D eigenvalue weighted by atomic mass is 19.1. The van der Waals surface area contributed by atoms with Crippen molar-refractivity contribution in [1.82, 2.24) is 4.90 Å². The summed E-state index contributed by atoms with van der Waals surface area (Å²) >= 11 is 0. The molecular weight excluding hydrogens is 371 g/mol. The maximum Gasteiger partial charge on any atom is 0.226 e. The van der Waals surface area contributed by atoms with E-state index in [4.69, 9.17) is 9.57 Å². The number of halogens is 1. The third kappa shape index (κ3) is 4.42. The number of rotatable bonds is 7. The largest absolute Gasteiger partial charge is 0.497 e. The van der Waals surface area contributed by atoms with Crippen LogP contribution in [-0.4, -0.2) is 36.3 Å². The number of hydrogen-bond donors (Lipinski definition) is 0. The van der Waals surface area contributed by atoms with Gasteiger partial charge in [0.05, 0.1) is 19.4 Å². The minimum absolute atomic E-state index is 0.0464. The molecule has 5 nitrogen and oxygen atoms in total. The van der Waals surface area contributed by atoms with E-state index in [2.05, 4.69) is 5.16 Å². The number of carbonyl (C=O) groups is 1. The lowest BCUT2D eigenvalue weighted by atomic mass is 9.84. The molecule has 1 unspecified atom stereocenters. The van der Waals surface area contributed by atoms with E-state index in [9.17, 15) is 9.18 Å². The smallest absolute Gasteiger partial charge is 0.226 e. The molecule has 1 heterocycles. The molecule has 0 radical (unpaired) electrons. The molecule has 1 saturated carbocycles. The summed E-state index contributed by atoms with van der Waals surface area (Å²) in [5.41, 5.74) is 2.34.